The lowest BCUT2D eigenvalue weighted by molar-refractivity contribution is -0.113. The van der Waals surface area contributed by atoms with Gasteiger partial charge in [-0.05, 0) is 26.0 Å². The summed E-state index contributed by atoms with van der Waals surface area (Å²) in [6.45, 7) is 4.12. The van der Waals surface area contributed by atoms with Gasteiger partial charge in [0.15, 0.2) is 0 Å². The average molecular weight is 269 g/mol. The Bertz CT molecular complexity index is 687. The normalized spacial score (nSPS) is 13.7. The van der Waals surface area contributed by atoms with Crippen molar-refractivity contribution in [3.63, 3.8) is 0 Å². The lowest BCUT2D eigenvalue weighted by Crippen LogP contribution is -2.26. The van der Waals surface area contributed by atoms with Gasteiger partial charge in [-0.15, -0.1) is 0 Å². The summed E-state index contributed by atoms with van der Waals surface area (Å²) >= 11 is 0. The van der Waals surface area contributed by atoms with Crippen LogP contribution in [-0.4, -0.2) is 20.7 Å². The number of nitrogens with one attached hydrogen (secondary N) is 2. The van der Waals surface area contributed by atoms with E-state index in [1.807, 2.05) is 44.2 Å². The largest absolute Gasteiger partial charge is 0.328 e. The zero-order valence-electron chi connectivity index (χ0n) is 11.3. The van der Waals surface area contributed by atoms with Gasteiger partial charge in [0.05, 0.1) is 12.1 Å². The summed E-state index contributed by atoms with van der Waals surface area (Å²) in [5.41, 5.74) is 2.24. The number of carbonyl (C=O) groups excluding carboxylic acids is 1. The molecule has 1 aliphatic heterocycles. The first-order valence-corrected chi connectivity index (χ1v) is 6.38. The molecule has 0 saturated carbocycles. The highest BCUT2D eigenvalue weighted by molar-refractivity contribution is 6.04. The van der Waals surface area contributed by atoms with Crippen LogP contribution in [0.5, 0.6) is 0 Å². The first kappa shape index (κ1) is 12.4. The van der Waals surface area contributed by atoms with Gasteiger partial charge in [0.25, 0.3) is 5.91 Å². The van der Waals surface area contributed by atoms with Crippen molar-refractivity contribution in [1.82, 2.24) is 14.8 Å². The number of aryl methyl sites for hydroxylation is 1. The van der Waals surface area contributed by atoms with E-state index >= 15 is 0 Å². The third-order valence-electron chi connectivity index (χ3n) is 3.14. The van der Waals surface area contributed by atoms with E-state index in [4.69, 9.17) is 0 Å². The number of carbonyl (C=O) groups is 1. The molecule has 102 valence electrons. The molecule has 20 heavy (non-hydrogen) atoms. The maximum absolute atomic E-state index is 12.3. The zero-order chi connectivity index (χ0) is 14.1. The summed E-state index contributed by atoms with van der Waals surface area (Å²) in [6.07, 6.45) is 0. The number of nitrogens with zero attached hydrogens (tertiary/aromatic N) is 3. The monoisotopic (exact) mass is 269 g/mol. The molecule has 1 aromatic carbocycles. The van der Waals surface area contributed by atoms with Crippen molar-refractivity contribution >= 4 is 17.5 Å². The molecule has 0 saturated heterocycles. The third kappa shape index (κ3) is 2.27. The van der Waals surface area contributed by atoms with E-state index in [1.54, 1.807) is 4.68 Å². The predicted molar refractivity (Wildman–Crippen MR) is 76.2 cm³/mol. The van der Waals surface area contributed by atoms with Crippen LogP contribution in [0.4, 0.5) is 11.6 Å². The number of amides is 1. The van der Waals surface area contributed by atoms with Gasteiger partial charge in [0, 0.05) is 11.4 Å². The number of allylic oxidation sites excluding steroid dienone is 1. The van der Waals surface area contributed by atoms with Gasteiger partial charge < -0.3 is 10.6 Å². The zero-order valence-corrected chi connectivity index (χ0v) is 11.3. The third-order valence-corrected chi connectivity index (χ3v) is 3.14. The SMILES string of the molecule is CC1=C(C(=O)Nc2ccccc2)Cn2nc(C)nc2N1. The summed E-state index contributed by atoms with van der Waals surface area (Å²) in [6, 6.07) is 9.39. The Balaban J connectivity index is 1.81. The molecule has 2 heterocycles. The Morgan fingerprint density at radius 2 is 2.05 bits per heavy atom. The summed E-state index contributed by atoms with van der Waals surface area (Å²) in [4.78, 5) is 16.6. The smallest absolute Gasteiger partial charge is 0.255 e. The second-order valence-electron chi connectivity index (χ2n) is 4.69. The molecule has 0 fully saturated rings. The van der Waals surface area contributed by atoms with E-state index in [0.717, 1.165) is 11.4 Å². The van der Waals surface area contributed by atoms with Crippen LogP contribution in [0.1, 0.15) is 12.7 Å². The molecule has 0 spiro atoms. The minimum Gasteiger partial charge on any atom is -0.328 e. The molecule has 0 radical (unpaired) electrons. The topological polar surface area (TPSA) is 71.8 Å². The second kappa shape index (κ2) is 4.80. The van der Waals surface area contributed by atoms with Crippen molar-refractivity contribution in [2.75, 3.05) is 10.6 Å². The number of rotatable bonds is 2. The molecule has 0 unspecified atom stereocenters. The van der Waals surface area contributed by atoms with Crippen LogP contribution in [-0.2, 0) is 11.3 Å². The number of fused-ring (bicyclic) bond motifs is 1. The van der Waals surface area contributed by atoms with Crippen molar-refractivity contribution < 1.29 is 4.79 Å². The van der Waals surface area contributed by atoms with Gasteiger partial charge in [-0.25, -0.2) is 4.68 Å². The highest BCUT2D eigenvalue weighted by Gasteiger charge is 2.22. The highest BCUT2D eigenvalue weighted by Crippen LogP contribution is 2.20. The van der Waals surface area contributed by atoms with E-state index < -0.39 is 0 Å². The molecule has 2 N–H and O–H groups in total. The fourth-order valence-electron chi connectivity index (χ4n) is 2.14. The Morgan fingerprint density at radius 1 is 1.30 bits per heavy atom. The maximum Gasteiger partial charge on any atom is 0.255 e. The highest BCUT2D eigenvalue weighted by atomic mass is 16.1. The van der Waals surface area contributed by atoms with Gasteiger partial charge in [0.2, 0.25) is 5.95 Å². The first-order chi connectivity index (χ1) is 9.63. The van der Waals surface area contributed by atoms with Gasteiger partial charge in [-0.1, -0.05) is 18.2 Å². The summed E-state index contributed by atoms with van der Waals surface area (Å²) in [5, 5.41) is 10.2. The second-order valence-corrected chi connectivity index (χ2v) is 4.69. The molecule has 0 atom stereocenters. The van der Waals surface area contributed by atoms with E-state index in [1.165, 1.54) is 0 Å². The molecule has 0 bridgehead atoms. The van der Waals surface area contributed by atoms with Gasteiger partial charge >= 0.3 is 0 Å². The lowest BCUT2D eigenvalue weighted by atomic mass is 10.1. The number of benzene rings is 1. The minimum absolute atomic E-state index is 0.125. The van der Waals surface area contributed by atoms with Crippen molar-refractivity contribution in [1.29, 1.82) is 0 Å². The Hall–Kier alpha value is -2.63. The van der Waals surface area contributed by atoms with Crippen LogP contribution >= 0.6 is 0 Å². The summed E-state index contributed by atoms with van der Waals surface area (Å²) in [5.74, 6) is 1.24. The molecule has 6 nitrogen and oxygen atoms in total. The van der Waals surface area contributed by atoms with Crippen LogP contribution in [0.2, 0.25) is 0 Å². The van der Waals surface area contributed by atoms with E-state index in [9.17, 15) is 4.79 Å². The Kier molecular flexibility index (Phi) is 2.98. The van der Waals surface area contributed by atoms with E-state index in [2.05, 4.69) is 20.7 Å². The van der Waals surface area contributed by atoms with Gasteiger partial charge in [-0.3, -0.25) is 4.79 Å². The molecular weight excluding hydrogens is 254 g/mol. The van der Waals surface area contributed by atoms with Gasteiger partial charge in [0.1, 0.15) is 5.82 Å². The molecule has 1 aromatic heterocycles. The molecule has 2 aromatic rings. The minimum atomic E-state index is -0.125. The average Bonchev–Trinajstić information content (AvgIpc) is 2.78. The van der Waals surface area contributed by atoms with Crippen molar-refractivity contribution in [3.05, 3.63) is 47.4 Å². The Labute approximate surface area is 116 Å². The van der Waals surface area contributed by atoms with E-state index in [0.29, 0.717) is 23.9 Å². The molecule has 6 heteroatoms. The fourth-order valence-corrected chi connectivity index (χ4v) is 2.14. The number of hydrogen-bond donors (Lipinski definition) is 2. The number of aromatic nitrogens is 3. The quantitative estimate of drug-likeness (QED) is 0.873. The predicted octanol–water partition coefficient (Wildman–Crippen LogP) is 1.92. The van der Waals surface area contributed by atoms with Crippen molar-refractivity contribution in [2.45, 2.75) is 20.4 Å². The number of hydrogen-bond acceptors (Lipinski definition) is 4. The summed E-state index contributed by atoms with van der Waals surface area (Å²) in [7, 11) is 0. The molecule has 0 aliphatic carbocycles. The van der Waals surface area contributed by atoms with Crippen LogP contribution in [0.3, 0.4) is 0 Å². The van der Waals surface area contributed by atoms with Crippen LogP contribution in [0.15, 0.2) is 41.6 Å². The Morgan fingerprint density at radius 3 is 2.80 bits per heavy atom. The standard InChI is InChI=1S/C14H15N5O/c1-9-12(8-19-14(15-9)16-10(2)18-19)13(20)17-11-6-4-3-5-7-11/h3-7H,8H2,1-2H3,(H,17,20)(H,15,16,18). The lowest BCUT2D eigenvalue weighted by Gasteiger charge is -2.19. The summed E-state index contributed by atoms with van der Waals surface area (Å²) < 4.78 is 1.70. The molecule has 3 rings (SSSR count). The van der Waals surface area contributed by atoms with Crippen LogP contribution in [0, 0.1) is 6.92 Å². The molecular formula is C14H15N5O. The molecule has 1 aliphatic rings. The first-order valence-electron chi connectivity index (χ1n) is 6.38. The van der Waals surface area contributed by atoms with Crippen LogP contribution < -0.4 is 10.6 Å². The fraction of sp³-hybridized carbons (Fsp3) is 0.214. The van der Waals surface area contributed by atoms with Crippen molar-refractivity contribution in [2.24, 2.45) is 0 Å². The van der Waals surface area contributed by atoms with Gasteiger partial charge in [-0.2, -0.15) is 10.1 Å². The van der Waals surface area contributed by atoms with Crippen molar-refractivity contribution in [3.8, 4) is 0 Å². The number of anilines is 2. The maximum atomic E-state index is 12.3. The number of para-hydroxylation sites is 1. The molecule has 1 amide bonds. The van der Waals surface area contributed by atoms with E-state index in [-0.39, 0.29) is 5.91 Å². The van der Waals surface area contributed by atoms with Crippen LogP contribution in [0.25, 0.3) is 0 Å².